The van der Waals surface area contributed by atoms with Gasteiger partial charge in [-0.15, -0.1) is 0 Å². The fourth-order valence-corrected chi connectivity index (χ4v) is 3.53. The zero-order valence-electron chi connectivity index (χ0n) is 10.7. The van der Waals surface area contributed by atoms with Gasteiger partial charge < -0.3 is 10.5 Å². The average Bonchev–Trinajstić information content (AvgIpc) is 2.74. The largest absolute Gasteiger partial charge is 0.381 e. The van der Waals surface area contributed by atoms with Crippen LogP contribution in [-0.4, -0.2) is 43.3 Å². The molecule has 3 nitrogen and oxygen atoms in total. The highest BCUT2D eigenvalue weighted by atomic mass is 16.5. The molecule has 1 heterocycles. The zero-order chi connectivity index (χ0) is 11.5. The molecule has 1 saturated heterocycles. The molecule has 2 aliphatic rings. The second-order valence-electron chi connectivity index (χ2n) is 5.48. The van der Waals surface area contributed by atoms with Gasteiger partial charge >= 0.3 is 0 Å². The summed E-state index contributed by atoms with van der Waals surface area (Å²) < 4.78 is 5.48. The van der Waals surface area contributed by atoms with E-state index in [0.29, 0.717) is 12.1 Å². The van der Waals surface area contributed by atoms with Gasteiger partial charge in [0.2, 0.25) is 0 Å². The Morgan fingerprint density at radius 3 is 2.69 bits per heavy atom. The monoisotopic (exact) mass is 226 g/mol. The average molecular weight is 226 g/mol. The predicted octanol–water partition coefficient (Wildman–Crippen LogP) is 1.61. The highest BCUT2D eigenvalue weighted by Gasteiger charge is 2.36. The van der Waals surface area contributed by atoms with E-state index < -0.39 is 0 Å². The summed E-state index contributed by atoms with van der Waals surface area (Å²) >= 11 is 0. The molecule has 1 aliphatic heterocycles. The first-order valence-electron chi connectivity index (χ1n) is 6.74. The summed E-state index contributed by atoms with van der Waals surface area (Å²) in [6, 6.07) is 1.33. The molecule has 1 saturated carbocycles. The Hall–Kier alpha value is -0.120. The van der Waals surface area contributed by atoms with Crippen molar-refractivity contribution in [2.24, 2.45) is 11.7 Å². The predicted molar refractivity (Wildman–Crippen MR) is 66.4 cm³/mol. The number of rotatable bonds is 3. The van der Waals surface area contributed by atoms with E-state index in [1.807, 2.05) is 7.11 Å². The lowest BCUT2D eigenvalue weighted by Crippen LogP contribution is -2.53. The van der Waals surface area contributed by atoms with Gasteiger partial charge in [0, 0.05) is 32.3 Å². The maximum atomic E-state index is 5.93. The molecule has 4 unspecified atom stereocenters. The van der Waals surface area contributed by atoms with Crippen LogP contribution in [0.2, 0.25) is 0 Å². The van der Waals surface area contributed by atoms with Gasteiger partial charge in [0.15, 0.2) is 0 Å². The Morgan fingerprint density at radius 2 is 2.12 bits per heavy atom. The second kappa shape index (κ2) is 5.48. The molecule has 16 heavy (non-hydrogen) atoms. The van der Waals surface area contributed by atoms with Crippen molar-refractivity contribution < 1.29 is 4.74 Å². The van der Waals surface area contributed by atoms with Crippen LogP contribution in [0.15, 0.2) is 0 Å². The first-order valence-corrected chi connectivity index (χ1v) is 6.74. The van der Waals surface area contributed by atoms with Gasteiger partial charge in [0.05, 0.1) is 6.10 Å². The van der Waals surface area contributed by atoms with Crippen molar-refractivity contribution in [1.82, 2.24) is 4.90 Å². The summed E-state index contributed by atoms with van der Waals surface area (Å²) in [6.07, 6.45) is 6.89. The maximum Gasteiger partial charge on any atom is 0.0599 e. The third-order valence-electron chi connectivity index (χ3n) is 4.56. The minimum absolute atomic E-state index is 0.432. The smallest absolute Gasteiger partial charge is 0.0599 e. The van der Waals surface area contributed by atoms with E-state index in [9.17, 15) is 0 Å². The molecule has 2 N–H and O–H groups in total. The van der Waals surface area contributed by atoms with Gasteiger partial charge in [-0.2, -0.15) is 0 Å². The van der Waals surface area contributed by atoms with Crippen molar-refractivity contribution in [3.63, 3.8) is 0 Å². The molecule has 0 amide bonds. The summed E-state index contributed by atoms with van der Waals surface area (Å²) in [5.41, 5.74) is 5.93. The summed E-state index contributed by atoms with van der Waals surface area (Å²) in [5, 5.41) is 0. The van der Waals surface area contributed by atoms with Crippen molar-refractivity contribution in [1.29, 1.82) is 0 Å². The van der Waals surface area contributed by atoms with Gasteiger partial charge in [0.25, 0.3) is 0 Å². The molecule has 0 aromatic heterocycles. The molecule has 2 fully saturated rings. The molecule has 0 aromatic rings. The quantitative estimate of drug-likeness (QED) is 0.794. The first-order chi connectivity index (χ1) is 7.76. The minimum Gasteiger partial charge on any atom is -0.381 e. The third kappa shape index (κ3) is 2.41. The van der Waals surface area contributed by atoms with Crippen LogP contribution in [-0.2, 0) is 4.74 Å². The van der Waals surface area contributed by atoms with Crippen molar-refractivity contribution in [2.75, 3.05) is 20.2 Å². The van der Waals surface area contributed by atoms with E-state index in [4.69, 9.17) is 10.5 Å². The Kier molecular flexibility index (Phi) is 4.22. The van der Waals surface area contributed by atoms with Crippen molar-refractivity contribution >= 4 is 0 Å². The summed E-state index contributed by atoms with van der Waals surface area (Å²) in [5.74, 6) is 0.855. The normalized spacial score (nSPS) is 41.4. The molecule has 94 valence electrons. The molecule has 0 spiro atoms. The summed E-state index contributed by atoms with van der Waals surface area (Å²) in [7, 11) is 1.83. The van der Waals surface area contributed by atoms with E-state index in [0.717, 1.165) is 24.9 Å². The van der Waals surface area contributed by atoms with Crippen molar-refractivity contribution in [3.05, 3.63) is 0 Å². The van der Waals surface area contributed by atoms with Crippen LogP contribution in [0.1, 0.15) is 39.0 Å². The number of nitrogens with two attached hydrogens (primary N) is 1. The van der Waals surface area contributed by atoms with Crippen LogP contribution in [0.5, 0.6) is 0 Å². The number of likely N-dealkylation sites (tertiary alicyclic amines) is 1. The number of hydrogen-bond acceptors (Lipinski definition) is 3. The molecule has 0 aromatic carbocycles. The SMILES string of the molecule is COC1CCN(C2CCCC2C)C(CN)C1. The molecule has 0 bridgehead atoms. The third-order valence-corrected chi connectivity index (χ3v) is 4.56. The zero-order valence-corrected chi connectivity index (χ0v) is 10.7. The van der Waals surface area contributed by atoms with Crippen LogP contribution in [0.4, 0.5) is 0 Å². The van der Waals surface area contributed by atoms with Crippen molar-refractivity contribution in [3.8, 4) is 0 Å². The Labute approximate surface area is 99.3 Å². The lowest BCUT2D eigenvalue weighted by molar-refractivity contribution is -0.00990. The highest BCUT2D eigenvalue weighted by molar-refractivity contribution is 4.91. The number of methoxy groups -OCH3 is 1. The van der Waals surface area contributed by atoms with Crippen LogP contribution in [0, 0.1) is 5.92 Å². The van der Waals surface area contributed by atoms with Crippen LogP contribution >= 0.6 is 0 Å². The van der Waals surface area contributed by atoms with Crippen LogP contribution in [0.25, 0.3) is 0 Å². The number of nitrogens with zero attached hydrogens (tertiary/aromatic N) is 1. The maximum absolute atomic E-state index is 5.93. The standard InChI is InChI=1S/C13H26N2O/c1-10-4-3-5-13(10)15-7-6-12(16-2)8-11(15)9-14/h10-13H,3-9,14H2,1-2H3. The number of ether oxygens (including phenoxy) is 1. The van der Waals surface area contributed by atoms with Gasteiger partial charge in [-0.1, -0.05) is 13.3 Å². The summed E-state index contributed by atoms with van der Waals surface area (Å²) in [4.78, 5) is 2.67. The van der Waals surface area contributed by atoms with Gasteiger partial charge in [-0.25, -0.2) is 0 Å². The summed E-state index contributed by atoms with van der Waals surface area (Å²) in [6.45, 7) is 4.35. The van der Waals surface area contributed by atoms with Gasteiger partial charge in [-0.3, -0.25) is 4.90 Å². The van der Waals surface area contributed by atoms with E-state index in [-0.39, 0.29) is 0 Å². The fraction of sp³-hybridized carbons (Fsp3) is 1.00. The molecular formula is C13H26N2O. The van der Waals surface area contributed by atoms with E-state index >= 15 is 0 Å². The second-order valence-corrected chi connectivity index (χ2v) is 5.48. The molecule has 0 radical (unpaired) electrons. The minimum atomic E-state index is 0.432. The fourth-order valence-electron chi connectivity index (χ4n) is 3.53. The van der Waals surface area contributed by atoms with E-state index in [2.05, 4.69) is 11.8 Å². The van der Waals surface area contributed by atoms with Gasteiger partial charge in [0.1, 0.15) is 0 Å². The van der Waals surface area contributed by atoms with E-state index in [1.165, 1.54) is 32.2 Å². The molecule has 4 atom stereocenters. The Bertz CT molecular complexity index is 222. The first kappa shape index (κ1) is 12.3. The highest BCUT2D eigenvalue weighted by Crippen LogP contribution is 2.33. The number of hydrogen-bond donors (Lipinski definition) is 1. The van der Waals surface area contributed by atoms with Gasteiger partial charge in [-0.05, 0) is 31.6 Å². The van der Waals surface area contributed by atoms with Crippen LogP contribution in [0.3, 0.4) is 0 Å². The van der Waals surface area contributed by atoms with Crippen molar-refractivity contribution in [2.45, 2.75) is 57.2 Å². The molecule has 1 aliphatic carbocycles. The molecular weight excluding hydrogens is 200 g/mol. The topological polar surface area (TPSA) is 38.5 Å². The Balaban J connectivity index is 1.98. The molecule has 2 rings (SSSR count). The number of piperidine rings is 1. The lowest BCUT2D eigenvalue weighted by Gasteiger charge is -2.43. The van der Waals surface area contributed by atoms with Crippen LogP contribution < -0.4 is 5.73 Å². The molecule has 3 heteroatoms. The lowest BCUT2D eigenvalue weighted by atomic mass is 9.94. The Morgan fingerprint density at radius 1 is 1.31 bits per heavy atom. The van der Waals surface area contributed by atoms with E-state index in [1.54, 1.807) is 0 Å².